The van der Waals surface area contributed by atoms with E-state index in [1.54, 1.807) is 31.3 Å². The fourth-order valence-electron chi connectivity index (χ4n) is 1.78. The molecule has 0 aliphatic rings. The predicted molar refractivity (Wildman–Crippen MR) is 79.8 cm³/mol. The fourth-order valence-corrected chi connectivity index (χ4v) is 2.71. The summed E-state index contributed by atoms with van der Waals surface area (Å²) in [6, 6.07) is 12.4. The number of halogens is 2. The Morgan fingerprint density at radius 3 is 1.70 bits per heavy atom. The number of rotatable bonds is 3. The summed E-state index contributed by atoms with van der Waals surface area (Å²) in [6.07, 6.45) is 0. The maximum absolute atomic E-state index is 13.0. The highest BCUT2D eigenvalue weighted by Gasteiger charge is 2.16. The van der Waals surface area contributed by atoms with Crippen molar-refractivity contribution in [1.82, 2.24) is 0 Å². The monoisotopic (exact) mass is 292 g/mol. The van der Waals surface area contributed by atoms with Crippen molar-refractivity contribution < 1.29 is 8.78 Å². The van der Waals surface area contributed by atoms with Crippen molar-refractivity contribution in [2.75, 3.05) is 7.05 Å². The van der Waals surface area contributed by atoms with E-state index in [2.05, 4.69) is 4.99 Å². The molecule has 0 unspecified atom stereocenters. The lowest BCUT2D eigenvalue weighted by Crippen LogP contribution is -2.10. The molecule has 2 aromatic carbocycles. The first-order chi connectivity index (χ1) is 9.60. The molecule has 104 valence electrons. The Balaban J connectivity index is 2.38. The van der Waals surface area contributed by atoms with Gasteiger partial charge in [0.1, 0.15) is 11.6 Å². The van der Waals surface area contributed by atoms with Gasteiger partial charge in [-0.25, -0.2) is 8.78 Å². The normalized spacial score (nSPS) is 11.9. The molecule has 0 saturated carbocycles. The maximum Gasteiger partial charge on any atom is 0.154 e. The average molecular weight is 292 g/mol. The van der Waals surface area contributed by atoms with Gasteiger partial charge in [-0.1, -0.05) is 36.0 Å². The minimum Gasteiger partial charge on any atom is -0.379 e. The Hall–Kier alpha value is -1.88. The molecule has 2 nitrogen and oxygen atoms in total. The predicted octanol–water partition coefficient (Wildman–Crippen LogP) is 3.73. The summed E-state index contributed by atoms with van der Waals surface area (Å²) in [5.41, 5.74) is 7.54. The van der Waals surface area contributed by atoms with Crippen LogP contribution >= 0.6 is 11.8 Å². The quantitative estimate of drug-likeness (QED) is 0.691. The summed E-state index contributed by atoms with van der Waals surface area (Å²) in [5.74, 6) is -0.595. The second kappa shape index (κ2) is 6.52. The van der Waals surface area contributed by atoms with E-state index in [0.29, 0.717) is 5.17 Å². The van der Waals surface area contributed by atoms with E-state index in [-0.39, 0.29) is 16.9 Å². The largest absolute Gasteiger partial charge is 0.379 e. The molecule has 20 heavy (non-hydrogen) atoms. The zero-order valence-corrected chi connectivity index (χ0v) is 11.7. The summed E-state index contributed by atoms with van der Waals surface area (Å²) in [5, 5.41) is 0.267. The van der Waals surface area contributed by atoms with Crippen LogP contribution in [0.1, 0.15) is 16.4 Å². The van der Waals surface area contributed by atoms with Crippen molar-refractivity contribution in [3.8, 4) is 0 Å². The van der Waals surface area contributed by atoms with E-state index < -0.39 is 0 Å². The number of nitrogens with zero attached hydrogens (tertiary/aromatic N) is 1. The minimum absolute atomic E-state index is 0.153. The highest BCUT2D eigenvalue weighted by Crippen LogP contribution is 2.35. The summed E-state index contributed by atoms with van der Waals surface area (Å²) >= 11 is 1.35. The lowest BCUT2D eigenvalue weighted by Gasteiger charge is -2.17. The number of benzene rings is 2. The molecule has 0 amide bonds. The third-order valence-corrected chi connectivity index (χ3v) is 4.01. The van der Waals surface area contributed by atoms with E-state index in [0.717, 1.165) is 11.1 Å². The van der Waals surface area contributed by atoms with Crippen LogP contribution in [0.5, 0.6) is 0 Å². The van der Waals surface area contributed by atoms with Crippen LogP contribution in [0.3, 0.4) is 0 Å². The SMILES string of the molecule is CN=C(N)SC(c1ccc(F)cc1)c1ccc(F)cc1. The van der Waals surface area contributed by atoms with E-state index in [4.69, 9.17) is 5.73 Å². The number of thioether (sulfide) groups is 1. The number of hydrogen-bond donors (Lipinski definition) is 1. The first-order valence-corrected chi connectivity index (χ1v) is 6.88. The van der Waals surface area contributed by atoms with Crippen LogP contribution in [0.2, 0.25) is 0 Å². The van der Waals surface area contributed by atoms with Crippen molar-refractivity contribution >= 4 is 16.9 Å². The van der Waals surface area contributed by atoms with Gasteiger partial charge in [0, 0.05) is 7.05 Å². The molecule has 0 aliphatic carbocycles. The Morgan fingerprint density at radius 1 is 0.950 bits per heavy atom. The third kappa shape index (κ3) is 3.57. The van der Waals surface area contributed by atoms with E-state index in [1.807, 2.05) is 0 Å². The summed E-state index contributed by atoms with van der Waals surface area (Å²) in [7, 11) is 1.61. The summed E-state index contributed by atoms with van der Waals surface area (Å²) < 4.78 is 26.1. The van der Waals surface area contributed by atoms with Crippen molar-refractivity contribution in [2.24, 2.45) is 10.7 Å². The minimum atomic E-state index is -0.297. The average Bonchev–Trinajstić information content (AvgIpc) is 2.46. The number of amidine groups is 1. The second-order valence-electron chi connectivity index (χ2n) is 4.16. The Labute approximate surface area is 120 Å². The molecule has 0 aliphatic heterocycles. The molecule has 0 radical (unpaired) electrons. The van der Waals surface area contributed by atoms with Crippen LogP contribution in [-0.2, 0) is 0 Å². The lowest BCUT2D eigenvalue weighted by molar-refractivity contribution is 0.626. The van der Waals surface area contributed by atoms with Gasteiger partial charge in [0.25, 0.3) is 0 Å². The van der Waals surface area contributed by atoms with Crippen LogP contribution in [0.25, 0.3) is 0 Å². The summed E-state index contributed by atoms with van der Waals surface area (Å²) in [6.45, 7) is 0. The number of nitrogens with two attached hydrogens (primary N) is 1. The molecule has 0 bridgehead atoms. The highest BCUT2D eigenvalue weighted by atomic mass is 32.2. The fraction of sp³-hybridized carbons (Fsp3) is 0.133. The van der Waals surface area contributed by atoms with Gasteiger partial charge in [0.2, 0.25) is 0 Å². The zero-order chi connectivity index (χ0) is 14.5. The van der Waals surface area contributed by atoms with Crippen LogP contribution in [0.4, 0.5) is 8.78 Å². The van der Waals surface area contributed by atoms with Gasteiger partial charge in [-0.2, -0.15) is 0 Å². The molecular weight excluding hydrogens is 278 g/mol. The standard InChI is InChI=1S/C15H14F2N2S/c1-19-15(18)20-14(10-2-6-12(16)7-3-10)11-4-8-13(17)9-5-11/h2-9,14H,1H3,(H2,18,19). The highest BCUT2D eigenvalue weighted by molar-refractivity contribution is 8.14. The molecule has 0 aromatic heterocycles. The van der Waals surface area contributed by atoms with Gasteiger partial charge in [-0.05, 0) is 35.4 Å². The zero-order valence-electron chi connectivity index (χ0n) is 10.9. The molecule has 0 saturated heterocycles. The molecule has 0 atom stereocenters. The molecule has 5 heteroatoms. The number of aliphatic imine (C=N–C) groups is 1. The first-order valence-electron chi connectivity index (χ1n) is 6.00. The van der Waals surface area contributed by atoms with Crippen LogP contribution in [0.15, 0.2) is 53.5 Å². The Bertz CT molecular complexity index is 549. The van der Waals surface area contributed by atoms with Crippen molar-refractivity contribution in [3.05, 3.63) is 71.3 Å². The van der Waals surface area contributed by atoms with Crippen molar-refractivity contribution in [1.29, 1.82) is 0 Å². The molecule has 2 aromatic rings. The van der Waals surface area contributed by atoms with Gasteiger partial charge >= 0.3 is 0 Å². The molecule has 0 heterocycles. The molecule has 0 fully saturated rings. The molecule has 2 N–H and O–H groups in total. The van der Waals surface area contributed by atoms with Gasteiger partial charge in [-0.15, -0.1) is 0 Å². The molecular formula is C15H14F2N2S. The van der Waals surface area contributed by atoms with Gasteiger partial charge in [-0.3, -0.25) is 4.99 Å². The van der Waals surface area contributed by atoms with Gasteiger partial charge in [0.15, 0.2) is 5.17 Å². The van der Waals surface area contributed by atoms with Crippen molar-refractivity contribution in [2.45, 2.75) is 5.25 Å². The summed E-state index contributed by atoms with van der Waals surface area (Å²) in [4.78, 5) is 3.92. The molecule has 0 spiro atoms. The Morgan fingerprint density at radius 2 is 1.35 bits per heavy atom. The second-order valence-corrected chi connectivity index (χ2v) is 5.29. The van der Waals surface area contributed by atoms with Gasteiger partial charge in [0.05, 0.1) is 5.25 Å². The van der Waals surface area contributed by atoms with Crippen molar-refractivity contribution in [3.63, 3.8) is 0 Å². The van der Waals surface area contributed by atoms with E-state index in [1.165, 1.54) is 36.0 Å². The van der Waals surface area contributed by atoms with Gasteiger partial charge < -0.3 is 5.73 Å². The topological polar surface area (TPSA) is 38.4 Å². The maximum atomic E-state index is 13.0. The Kier molecular flexibility index (Phi) is 4.74. The lowest BCUT2D eigenvalue weighted by atomic mass is 10.0. The third-order valence-electron chi connectivity index (χ3n) is 2.80. The van der Waals surface area contributed by atoms with Crippen LogP contribution in [0, 0.1) is 11.6 Å². The smallest absolute Gasteiger partial charge is 0.154 e. The molecule has 2 rings (SSSR count). The van der Waals surface area contributed by atoms with E-state index >= 15 is 0 Å². The van der Waals surface area contributed by atoms with Crippen LogP contribution in [-0.4, -0.2) is 12.2 Å². The van der Waals surface area contributed by atoms with E-state index in [9.17, 15) is 8.78 Å². The van der Waals surface area contributed by atoms with Crippen LogP contribution < -0.4 is 5.73 Å². The number of hydrogen-bond acceptors (Lipinski definition) is 2. The first kappa shape index (κ1) is 14.5.